The molecule has 0 aliphatic heterocycles. The Hall–Kier alpha value is -2.67. The molecule has 27 heavy (non-hydrogen) atoms. The molecule has 6 nitrogen and oxygen atoms in total. The van der Waals surface area contributed by atoms with Crippen molar-refractivity contribution in [2.45, 2.75) is 26.7 Å². The van der Waals surface area contributed by atoms with Crippen molar-refractivity contribution in [3.63, 3.8) is 0 Å². The van der Waals surface area contributed by atoms with Crippen molar-refractivity contribution < 1.29 is 14.1 Å². The molecule has 0 saturated carbocycles. The SMILES string of the molecule is CCOc1ccc(-c2noc(CCC(=O)Nc3cc(Br)ccc3C)n2)cc1. The van der Waals surface area contributed by atoms with Gasteiger partial charge in [0.15, 0.2) is 0 Å². The minimum absolute atomic E-state index is 0.1000. The molecule has 0 atom stereocenters. The fourth-order valence-electron chi connectivity index (χ4n) is 2.50. The summed E-state index contributed by atoms with van der Waals surface area (Å²) in [7, 11) is 0. The van der Waals surface area contributed by atoms with E-state index in [1.54, 1.807) is 0 Å². The molecule has 0 unspecified atom stereocenters. The van der Waals surface area contributed by atoms with Gasteiger partial charge >= 0.3 is 0 Å². The van der Waals surface area contributed by atoms with Gasteiger partial charge in [-0.15, -0.1) is 0 Å². The van der Waals surface area contributed by atoms with Crippen LogP contribution in [0, 0.1) is 6.92 Å². The Morgan fingerprint density at radius 1 is 1.22 bits per heavy atom. The molecular formula is C20H20BrN3O3. The van der Waals surface area contributed by atoms with Crippen LogP contribution >= 0.6 is 15.9 Å². The van der Waals surface area contributed by atoms with Crippen molar-refractivity contribution in [3.8, 4) is 17.1 Å². The van der Waals surface area contributed by atoms with Crippen molar-refractivity contribution in [1.82, 2.24) is 10.1 Å². The first kappa shape index (κ1) is 19.1. The van der Waals surface area contributed by atoms with Crippen molar-refractivity contribution in [2.75, 3.05) is 11.9 Å². The Kier molecular flexibility index (Phi) is 6.24. The molecule has 1 heterocycles. The first-order valence-electron chi connectivity index (χ1n) is 8.67. The Morgan fingerprint density at radius 3 is 2.74 bits per heavy atom. The maximum absolute atomic E-state index is 12.2. The third-order valence-corrected chi connectivity index (χ3v) is 4.42. The lowest BCUT2D eigenvalue weighted by atomic mass is 10.2. The molecule has 140 valence electrons. The number of ether oxygens (including phenoxy) is 1. The lowest BCUT2D eigenvalue weighted by Crippen LogP contribution is -2.13. The number of rotatable bonds is 7. The zero-order chi connectivity index (χ0) is 19.2. The quantitative estimate of drug-likeness (QED) is 0.584. The maximum Gasteiger partial charge on any atom is 0.227 e. The molecule has 3 rings (SSSR count). The van der Waals surface area contributed by atoms with E-state index in [0.29, 0.717) is 24.7 Å². The molecule has 0 saturated heterocycles. The highest BCUT2D eigenvalue weighted by Crippen LogP contribution is 2.22. The molecule has 0 aliphatic rings. The number of carbonyl (C=O) groups is 1. The van der Waals surface area contributed by atoms with E-state index < -0.39 is 0 Å². The van der Waals surface area contributed by atoms with E-state index in [9.17, 15) is 4.79 Å². The Bertz CT molecular complexity index is 922. The molecule has 0 radical (unpaired) electrons. The number of hydrogen-bond acceptors (Lipinski definition) is 5. The average Bonchev–Trinajstić information content (AvgIpc) is 3.13. The van der Waals surface area contributed by atoms with Crippen LogP contribution in [0.25, 0.3) is 11.4 Å². The van der Waals surface area contributed by atoms with E-state index in [2.05, 4.69) is 31.4 Å². The van der Waals surface area contributed by atoms with Crippen LogP contribution in [-0.2, 0) is 11.2 Å². The highest BCUT2D eigenvalue weighted by Gasteiger charge is 2.12. The number of nitrogens with zero attached hydrogens (tertiary/aromatic N) is 2. The van der Waals surface area contributed by atoms with Crippen LogP contribution in [-0.4, -0.2) is 22.7 Å². The minimum atomic E-state index is -0.1000. The van der Waals surface area contributed by atoms with Gasteiger partial charge in [-0.25, -0.2) is 0 Å². The van der Waals surface area contributed by atoms with Gasteiger partial charge in [0, 0.05) is 28.6 Å². The smallest absolute Gasteiger partial charge is 0.227 e. The number of halogens is 1. The molecule has 0 spiro atoms. The van der Waals surface area contributed by atoms with Gasteiger partial charge in [0.1, 0.15) is 5.75 Å². The van der Waals surface area contributed by atoms with Crippen molar-refractivity contribution in [1.29, 1.82) is 0 Å². The summed E-state index contributed by atoms with van der Waals surface area (Å²) in [6.07, 6.45) is 0.639. The summed E-state index contributed by atoms with van der Waals surface area (Å²) in [5.41, 5.74) is 2.62. The van der Waals surface area contributed by atoms with Gasteiger partial charge in [-0.3, -0.25) is 4.79 Å². The van der Waals surface area contributed by atoms with Crippen LogP contribution in [0.2, 0.25) is 0 Å². The fraction of sp³-hybridized carbons (Fsp3) is 0.250. The molecule has 3 aromatic rings. The molecule has 7 heteroatoms. The third kappa shape index (κ3) is 5.17. The van der Waals surface area contributed by atoms with Gasteiger partial charge in [0.05, 0.1) is 6.61 Å². The van der Waals surface area contributed by atoms with Gasteiger partial charge in [-0.2, -0.15) is 4.98 Å². The Balaban J connectivity index is 1.57. The van der Waals surface area contributed by atoms with Gasteiger partial charge in [0.2, 0.25) is 17.6 Å². The number of anilines is 1. The molecule has 0 bridgehead atoms. The van der Waals surface area contributed by atoms with E-state index in [1.807, 2.05) is 56.3 Å². The third-order valence-electron chi connectivity index (χ3n) is 3.93. The highest BCUT2D eigenvalue weighted by atomic mass is 79.9. The summed E-state index contributed by atoms with van der Waals surface area (Å²) in [6, 6.07) is 13.2. The second kappa shape index (κ2) is 8.81. The predicted octanol–water partition coefficient (Wildman–Crippen LogP) is 4.78. The summed E-state index contributed by atoms with van der Waals surface area (Å²) in [6.45, 7) is 4.50. The molecule has 1 amide bonds. The summed E-state index contributed by atoms with van der Waals surface area (Å²) >= 11 is 3.41. The Morgan fingerprint density at radius 2 is 2.00 bits per heavy atom. The summed E-state index contributed by atoms with van der Waals surface area (Å²) in [4.78, 5) is 16.6. The van der Waals surface area contributed by atoms with Crippen LogP contribution in [0.5, 0.6) is 5.75 Å². The fourth-order valence-corrected chi connectivity index (χ4v) is 2.86. The number of hydrogen-bond donors (Lipinski definition) is 1. The van der Waals surface area contributed by atoms with E-state index >= 15 is 0 Å². The van der Waals surface area contributed by atoms with Crippen LogP contribution in [0.3, 0.4) is 0 Å². The van der Waals surface area contributed by atoms with E-state index in [0.717, 1.165) is 27.0 Å². The summed E-state index contributed by atoms with van der Waals surface area (Å²) in [5, 5.41) is 6.89. The van der Waals surface area contributed by atoms with Gasteiger partial charge in [0.25, 0.3) is 0 Å². The average molecular weight is 430 g/mol. The van der Waals surface area contributed by atoms with Crippen LogP contribution < -0.4 is 10.1 Å². The second-order valence-electron chi connectivity index (χ2n) is 5.98. The van der Waals surface area contributed by atoms with Crippen LogP contribution in [0.4, 0.5) is 5.69 Å². The number of benzene rings is 2. The lowest BCUT2D eigenvalue weighted by Gasteiger charge is -2.08. The van der Waals surface area contributed by atoms with Gasteiger partial charge in [-0.1, -0.05) is 27.2 Å². The molecule has 0 fully saturated rings. The molecule has 0 aliphatic carbocycles. The highest BCUT2D eigenvalue weighted by molar-refractivity contribution is 9.10. The number of amides is 1. The lowest BCUT2D eigenvalue weighted by molar-refractivity contribution is -0.116. The zero-order valence-electron chi connectivity index (χ0n) is 15.2. The molecular weight excluding hydrogens is 410 g/mol. The van der Waals surface area contributed by atoms with Gasteiger partial charge in [-0.05, 0) is 55.8 Å². The van der Waals surface area contributed by atoms with E-state index in [1.165, 1.54) is 0 Å². The maximum atomic E-state index is 12.2. The topological polar surface area (TPSA) is 77.2 Å². The normalized spacial score (nSPS) is 10.6. The van der Waals surface area contributed by atoms with E-state index in [-0.39, 0.29) is 12.3 Å². The number of carbonyl (C=O) groups excluding carboxylic acids is 1. The number of aryl methyl sites for hydroxylation is 2. The first-order valence-corrected chi connectivity index (χ1v) is 9.46. The molecule has 1 N–H and O–H groups in total. The molecule has 1 aromatic heterocycles. The largest absolute Gasteiger partial charge is 0.494 e. The van der Waals surface area contributed by atoms with Crippen molar-refractivity contribution in [2.24, 2.45) is 0 Å². The number of aromatic nitrogens is 2. The van der Waals surface area contributed by atoms with Crippen LogP contribution in [0.1, 0.15) is 24.8 Å². The van der Waals surface area contributed by atoms with E-state index in [4.69, 9.17) is 9.26 Å². The molecule has 2 aromatic carbocycles. The summed E-state index contributed by atoms with van der Waals surface area (Å²) in [5.74, 6) is 1.62. The standard InChI is InChI=1S/C20H20BrN3O3/c1-3-26-16-8-5-14(6-9-16)20-23-19(27-24-20)11-10-18(25)22-17-12-15(21)7-4-13(17)2/h4-9,12H,3,10-11H2,1-2H3,(H,22,25). The van der Waals surface area contributed by atoms with Gasteiger partial charge < -0.3 is 14.6 Å². The first-order chi connectivity index (χ1) is 13.0. The summed E-state index contributed by atoms with van der Waals surface area (Å²) < 4.78 is 11.6. The zero-order valence-corrected chi connectivity index (χ0v) is 16.7. The van der Waals surface area contributed by atoms with Crippen molar-refractivity contribution in [3.05, 3.63) is 58.4 Å². The monoisotopic (exact) mass is 429 g/mol. The van der Waals surface area contributed by atoms with Crippen LogP contribution in [0.15, 0.2) is 51.5 Å². The van der Waals surface area contributed by atoms with Crippen molar-refractivity contribution >= 4 is 27.5 Å². The predicted molar refractivity (Wildman–Crippen MR) is 107 cm³/mol. The minimum Gasteiger partial charge on any atom is -0.494 e. The second-order valence-corrected chi connectivity index (χ2v) is 6.89. The Labute approximate surface area is 166 Å². The number of nitrogens with one attached hydrogen (secondary N) is 1.